The molecular weight excluding hydrogens is 282 g/mol. The number of aryl methyl sites for hydroxylation is 1. The Balaban J connectivity index is 2.84. The summed E-state index contributed by atoms with van der Waals surface area (Å²) in [6.45, 7) is 7.76. The molecule has 0 saturated carbocycles. The second-order valence-corrected chi connectivity index (χ2v) is 5.55. The number of amides is 1. The van der Waals surface area contributed by atoms with Gasteiger partial charge in [0.1, 0.15) is 5.75 Å². The molecule has 0 saturated heterocycles. The predicted octanol–water partition coefficient (Wildman–Crippen LogP) is 2.86. The van der Waals surface area contributed by atoms with Crippen LogP contribution in [0.25, 0.3) is 0 Å². The van der Waals surface area contributed by atoms with E-state index < -0.39 is 12.1 Å². The van der Waals surface area contributed by atoms with Gasteiger partial charge in [0, 0.05) is 12.6 Å². The smallest absolute Gasteiger partial charge is 0.305 e. The van der Waals surface area contributed by atoms with Crippen molar-refractivity contribution < 1.29 is 19.4 Å². The molecule has 0 spiro atoms. The van der Waals surface area contributed by atoms with E-state index in [0.717, 1.165) is 5.56 Å². The molecule has 22 heavy (non-hydrogen) atoms. The summed E-state index contributed by atoms with van der Waals surface area (Å²) in [5, 5.41) is 8.82. The van der Waals surface area contributed by atoms with E-state index in [1.54, 1.807) is 4.90 Å². The van der Waals surface area contributed by atoms with Gasteiger partial charge < -0.3 is 14.7 Å². The van der Waals surface area contributed by atoms with Crippen molar-refractivity contribution >= 4 is 11.9 Å². The summed E-state index contributed by atoms with van der Waals surface area (Å²) in [5.41, 5.74) is 0.968. The Labute approximate surface area is 131 Å². The quantitative estimate of drug-likeness (QED) is 0.802. The second kappa shape index (κ2) is 8.41. The van der Waals surface area contributed by atoms with E-state index >= 15 is 0 Å². The van der Waals surface area contributed by atoms with E-state index in [-0.39, 0.29) is 24.9 Å². The van der Waals surface area contributed by atoms with Crippen LogP contribution in [-0.4, -0.2) is 40.6 Å². The van der Waals surface area contributed by atoms with E-state index in [2.05, 4.69) is 0 Å². The zero-order chi connectivity index (χ0) is 16.7. The lowest BCUT2D eigenvalue weighted by atomic mass is 10.1. The molecule has 0 heterocycles. The number of para-hydroxylation sites is 1. The monoisotopic (exact) mass is 307 g/mol. The summed E-state index contributed by atoms with van der Waals surface area (Å²) in [6.07, 6.45) is -0.133. The molecule has 0 aromatic heterocycles. The van der Waals surface area contributed by atoms with Crippen LogP contribution in [0.5, 0.6) is 5.75 Å². The summed E-state index contributed by atoms with van der Waals surface area (Å²) < 4.78 is 5.86. The van der Waals surface area contributed by atoms with Gasteiger partial charge in [0.15, 0.2) is 6.10 Å². The van der Waals surface area contributed by atoms with Crippen molar-refractivity contribution in [2.75, 3.05) is 6.54 Å². The molecule has 0 radical (unpaired) electrons. The van der Waals surface area contributed by atoms with Crippen LogP contribution >= 0.6 is 0 Å². The Morgan fingerprint density at radius 1 is 1.27 bits per heavy atom. The van der Waals surface area contributed by atoms with Crippen molar-refractivity contribution in [3.05, 3.63) is 29.8 Å². The van der Waals surface area contributed by atoms with Gasteiger partial charge in [-0.15, -0.1) is 0 Å². The van der Waals surface area contributed by atoms with Gasteiger partial charge in [-0.2, -0.15) is 0 Å². The standard InChI is InChI=1S/C17H25NO4/c1-5-14(22-15-9-7-6-8-13(15)4)17(21)18(12(2)3)11-10-16(19)20/h6-9,12,14H,5,10-11H2,1-4H3,(H,19,20). The number of carboxylic acids is 1. The first-order chi connectivity index (χ1) is 10.4. The first-order valence-corrected chi connectivity index (χ1v) is 7.61. The van der Waals surface area contributed by atoms with E-state index in [9.17, 15) is 9.59 Å². The average molecular weight is 307 g/mol. The topological polar surface area (TPSA) is 66.8 Å². The second-order valence-electron chi connectivity index (χ2n) is 5.55. The molecule has 5 heteroatoms. The van der Waals surface area contributed by atoms with E-state index in [4.69, 9.17) is 9.84 Å². The van der Waals surface area contributed by atoms with Crippen molar-refractivity contribution in [3.63, 3.8) is 0 Å². The summed E-state index contributed by atoms with van der Waals surface area (Å²) in [5.74, 6) is -0.391. The summed E-state index contributed by atoms with van der Waals surface area (Å²) >= 11 is 0. The van der Waals surface area contributed by atoms with Gasteiger partial charge in [0.05, 0.1) is 6.42 Å². The fourth-order valence-corrected chi connectivity index (χ4v) is 2.17. The van der Waals surface area contributed by atoms with Crippen LogP contribution in [0.15, 0.2) is 24.3 Å². The van der Waals surface area contributed by atoms with E-state index in [1.807, 2.05) is 52.0 Å². The molecule has 0 aliphatic heterocycles. The maximum Gasteiger partial charge on any atom is 0.305 e. The third-order valence-electron chi connectivity index (χ3n) is 3.48. The molecule has 1 amide bonds. The molecule has 0 aliphatic rings. The first kappa shape index (κ1) is 18.0. The van der Waals surface area contributed by atoms with Gasteiger partial charge >= 0.3 is 5.97 Å². The molecule has 5 nitrogen and oxygen atoms in total. The van der Waals surface area contributed by atoms with Crippen LogP contribution in [-0.2, 0) is 9.59 Å². The zero-order valence-electron chi connectivity index (χ0n) is 13.7. The Morgan fingerprint density at radius 2 is 1.91 bits per heavy atom. The van der Waals surface area contributed by atoms with Crippen LogP contribution in [0.2, 0.25) is 0 Å². The third-order valence-corrected chi connectivity index (χ3v) is 3.48. The number of rotatable bonds is 8. The Morgan fingerprint density at radius 3 is 2.41 bits per heavy atom. The van der Waals surface area contributed by atoms with Gasteiger partial charge in [-0.05, 0) is 38.8 Å². The number of nitrogens with zero attached hydrogens (tertiary/aromatic N) is 1. The number of aliphatic carboxylic acids is 1. The predicted molar refractivity (Wildman–Crippen MR) is 85.0 cm³/mol. The fraction of sp³-hybridized carbons (Fsp3) is 0.529. The highest BCUT2D eigenvalue weighted by atomic mass is 16.5. The first-order valence-electron chi connectivity index (χ1n) is 7.61. The zero-order valence-corrected chi connectivity index (χ0v) is 13.7. The molecule has 1 N–H and O–H groups in total. The Kier molecular flexibility index (Phi) is 6.89. The molecule has 122 valence electrons. The van der Waals surface area contributed by atoms with Gasteiger partial charge in [0.2, 0.25) is 0 Å². The third kappa shape index (κ3) is 5.06. The maximum atomic E-state index is 12.7. The number of benzene rings is 1. The molecule has 1 aromatic rings. The molecule has 0 bridgehead atoms. The molecule has 1 unspecified atom stereocenters. The molecule has 1 atom stereocenters. The number of carbonyl (C=O) groups excluding carboxylic acids is 1. The van der Waals surface area contributed by atoms with Crippen LogP contribution in [0.1, 0.15) is 39.2 Å². The fourth-order valence-electron chi connectivity index (χ4n) is 2.17. The minimum Gasteiger partial charge on any atom is -0.481 e. The highest BCUT2D eigenvalue weighted by molar-refractivity contribution is 5.82. The van der Waals surface area contributed by atoms with Crippen LogP contribution < -0.4 is 4.74 Å². The van der Waals surface area contributed by atoms with Gasteiger partial charge in [0.25, 0.3) is 5.91 Å². The Bertz CT molecular complexity index is 513. The normalized spacial score (nSPS) is 12.0. The maximum absolute atomic E-state index is 12.7. The summed E-state index contributed by atoms with van der Waals surface area (Å²) in [6, 6.07) is 7.48. The molecule has 1 aromatic carbocycles. The van der Waals surface area contributed by atoms with E-state index in [0.29, 0.717) is 12.2 Å². The van der Waals surface area contributed by atoms with Crippen molar-refractivity contribution in [2.24, 2.45) is 0 Å². The molecule has 0 aliphatic carbocycles. The van der Waals surface area contributed by atoms with Crippen LogP contribution in [0.3, 0.4) is 0 Å². The minimum atomic E-state index is -0.911. The lowest BCUT2D eigenvalue weighted by Gasteiger charge is -2.30. The van der Waals surface area contributed by atoms with Gasteiger partial charge in [-0.3, -0.25) is 9.59 Å². The van der Waals surface area contributed by atoms with Crippen molar-refractivity contribution in [3.8, 4) is 5.75 Å². The van der Waals surface area contributed by atoms with Gasteiger partial charge in [-0.1, -0.05) is 25.1 Å². The Hall–Kier alpha value is -2.04. The van der Waals surface area contributed by atoms with Crippen molar-refractivity contribution in [2.45, 2.75) is 52.7 Å². The highest BCUT2D eigenvalue weighted by Crippen LogP contribution is 2.20. The lowest BCUT2D eigenvalue weighted by molar-refractivity contribution is -0.143. The van der Waals surface area contributed by atoms with Crippen LogP contribution in [0.4, 0.5) is 0 Å². The largest absolute Gasteiger partial charge is 0.481 e. The van der Waals surface area contributed by atoms with Crippen molar-refractivity contribution in [1.29, 1.82) is 0 Å². The summed E-state index contributed by atoms with van der Waals surface area (Å²) in [4.78, 5) is 25.0. The lowest BCUT2D eigenvalue weighted by Crippen LogP contribution is -2.46. The van der Waals surface area contributed by atoms with Crippen molar-refractivity contribution in [1.82, 2.24) is 4.90 Å². The SMILES string of the molecule is CCC(Oc1ccccc1C)C(=O)N(CCC(=O)O)C(C)C. The number of carboxylic acid groups (broad SMARTS) is 1. The van der Waals surface area contributed by atoms with Crippen LogP contribution in [0, 0.1) is 6.92 Å². The number of carbonyl (C=O) groups is 2. The highest BCUT2D eigenvalue weighted by Gasteiger charge is 2.27. The number of hydrogen-bond donors (Lipinski definition) is 1. The molecule has 1 rings (SSSR count). The molecule has 0 fully saturated rings. The molecular formula is C17H25NO4. The number of hydrogen-bond acceptors (Lipinski definition) is 3. The number of ether oxygens (including phenoxy) is 1. The average Bonchev–Trinajstić information content (AvgIpc) is 2.45. The van der Waals surface area contributed by atoms with E-state index in [1.165, 1.54) is 0 Å². The summed E-state index contributed by atoms with van der Waals surface area (Å²) in [7, 11) is 0. The van der Waals surface area contributed by atoms with Gasteiger partial charge in [-0.25, -0.2) is 0 Å². The minimum absolute atomic E-state index is 0.0648.